The van der Waals surface area contributed by atoms with Gasteiger partial charge < -0.3 is 0 Å². The summed E-state index contributed by atoms with van der Waals surface area (Å²) in [6, 6.07) is 0.173. The highest BCUT2D eigenvalue weighted by Gasteiger charge is 2.06. The summed E-state index contributed by atoms with van der Waals surface area (Å²) in [6.07, 6.45) is 5.29. The minimum Gasteiger partial charge on any atom is -0.287 e. The van der Waals surface area contributed by atoms with Crippen LogP contribution in [-0.2, 0) is 6.54 Å². The molecule has 1 atom stereocenters. The van der Waals surface area contributed by atoms with Gasteiger partial charge in [0, 0.05) is 11.9 Å². The molecule has 1 heterocycles. The zero-order chi connectivity index (χ0) is 8.97. The molecule has 0 radical (unpaired) electrons. The van der Waals surface area contributed by atoms with Crippen LogP contribution in [0.5, 0.6) is 0 Å². The van der Waals surface area contributed by atoms with Gasteiger partial charge in [0.15, 0.2) is 0 Å². The third-order valence-corrected chi connectivity index (χ3v) is 2.43. The van der Waals surface area contributed by atoms with Crippen LogP contribution in [0.25, 0.3) is 0 Å². The maximum absolute atomic E-state index is 5.29. The van der Waals surface area contributed by atoms with E-state index in [9.17, 15) is 0 Å². The highest BCUT2D eigenvalue weighted by atomic mass is 32.1. The number of thiazole rings is 1. The molecule has 0 aliphatic rings. The average molecular weight is 180 g/mol. The Balaban J connectivity index is 2.48. The molecule has 3 heteroatoms. The second kappa shape index (κ2) is 4.24. The van der Waals surface area contributed by atoms with Crippen molar-refractivity contribution in [3.05, 3.63) is 16.6 Å². The van der Waals surface area contributed by atoms with Crippen LogP contribution in [0.4, 0.5) is 0 Å². The molecule has 1 unspecified atom stereocenters. The fraction of sp³-hybridized carbons (Fsp3) is 0.444. The maximum Gasteiger partial charge on any atom is 0.0795 e. The van der Waals surface area contributed by atoms with Crippen molar-refractivity contribution in [1.29, 1.82) is 0 Å². The van der Waals surface area contributed by atoms with Crippen molar-refractivity contribution >= 4 is 11.3 Å². The van der Waals surface area contributed by atoms with Gasteiger partial charge in [0.1, 0.15) is 0 Å². The molecule has 0 N–H and O–H groups in total. The Morgan fingerprint density at radius 3 is 3.08 bits per heavy atom. The minimum atomic E-state index is 0.173. The van der Waals surface area contributed by atoms with Crippen molar-refractivity contribution in [2.24, 2.45) is 0 Å². The molecular formula is C9H12N2S. The number of nitrogens with zero attached hydrogens (tertiary/aromatic N) is 2. The lowest BCUT2D eigenvalue weighted by molar-refractivity contribution is 0.293. The van der Waals surface area contributed by atoms with Gasteiger partial charge in [-0.15, -0.1) is 17.8 Å². The molecule has 12 heavy (non-hydrogen) atoms. The van der Waals surface area contributed by atoms with Crippen LogP contribution in [0.15, 0.2) is 10.9 Å². The minimum absolute atomic E-state index is 0.173. The van der Waals surface area contributed by atoms with Gasteiger partial charge in [-0.2, -0.15) is 0 Å². The van der Waals surface area contributed by atoms with Gasteiger partial charge in [-0.1, -0.05) is 5.92 Å². The van der Waals surface area contributed by atoms with Crippen LogP contribution in [-0.4, -0.2) is 23.0 Å². The zero-order valence-electron chi connectivity index (χ0n) is 7.32. The third kappa shape index (κ3) is 2.33. The fourth-order valence-electron chi connectivity index (χ4n) is 0.835. The molecule has 0 aliphatic carbocycles. The number of aromatic nitrogens is 1. The standard InChI is InChI=1S/C9H12N2S/c1-4-8(2)11(3)5-9-6-12-7-10-9/h1,6-8H,5H2,2-3H3. The Morgan fingerprint density at radius 1 is 1.83 bits per heavy atom. The molecule has 1 aromatic heterocycles. The average Bonchev–Trinajstić information content (AvgIpc) is 2.55. The van der Waals surface area contributed by atoms with Crippen LogP contribution in [0.1, 0.15) is 12.6 Å². The largest absolute Gasteiger partial charge is 0.287 e. The Labute approximate surface area is 77.2 Å². The highest BCUT2D eigenvalue weighted by Crippen LogP contribution is 2.05. The predicted molar refractivity (Wildman–Crippen MR) is 51.9 cm³/mol. The molecular weight excluding hydrogens is 168 g/mol. The SMILES string of the molecule is C#CC(C)N(C)Cc1cscn1. The Hall–Kier alpha value is -0.850. The highest BCUT2D eigenvalue weighted by molar-refractivity contribution is 7.07. The summed E-state index contributed by atoms with van der Waals surface area (Å²) in [5, 5.41) is 2.04. The van der Waals surface area contributed by atoms with Crippen molar-refractivity contribution in [2.75, 3.05) is 7.05 Å². The molecule has 0 amide bonds. The summed E-state index contributed by atoms with van der Waals surface area (Å²) < 4.78 is 0. The summed E-state index contributed by atoms with van der Waals surface area (Å²) in [4.78, 5) is 6.27. The lowest BCUT2D eigenvalue weighted by atomic mass is 10.3. The number of hydrogen-bond donors (Lipinski definition) is 0. The molecule has 1 aromatic rings. The monoisotopic (exact) mass is 180 g/mol. The molecule has 1 rings (SSSR count). The van der Waals surface area contributed by atoms with E-state index in [-0.39, 0.29) is 6.04 Å². The lowest BCUT2D eigenvalue weighted by Gasteiger charge is -2.18. The quantitative estimate of drug-likeness (QED) is 0.657. The van der Waals surface area contributed by atoms with E-state index in [2.05, 4.69) is 15.8 Å². The maximum atomic E-state index is 5.29. The Morgan fingerprint density at radius 2 is 2.58 bits per heavy atom. The van der Waals surface area contributed by atoms with E-state index in [0.29, 0.717) is 0 Å². The molecule has 0 aromatic carbocycles. The second-order valence-electron chi connectivity index (χ2n) is 2.74. The topological polar surface area (TPSA) is 16.1 Å². The van der Waals surface area contributed by atoms with Crippen LogP contribution in [0, 0.1) is 12.3 Å². The van der Waals surface area contributed by atoms with E-state index in [1.165, 1.54) is 0 Å². The molecule has 0 aliphatic heterocycles. The summed E-state index contributed by atoms with van der Waals surface area (Å²) in [5.41, 5.74) is 2.92. The van der Waals surface area contributed by atoms with Crippen LogP contribution in [0.3, 0.4) is 0 Å². The van der Waals surface area contributed by atoms with Crippen LogP contribution >= 0.6 is 11.3 Å². The van der Waals surface area contributed by atoms with Crippen molar-refractivity contribution in [2.45, 2.75) is 19.5 Å². The Bertz CT molecular complexity index is 261. The van der Waals surface area contributed by atoms with E-state index in [1.54, 1.807) is 11.3 Å². The molecule has 64 valence electrons. The van der Waals surface area contributed by atoms with Crippen molar-refractivity contribution in [1.82, 2.24) is 9.88 Å². The van der Waals surface area contributed by atoms with Crippen molar-refractivity contribution in [3.63, 3.8) is 0 Å². The second-order valence-corrected chi connectivity index (χ2v) is 3.46. The zero-order valence-corrected chi connectivity index (χ0v) is 8.14. The predicted octanol–water partition coefficient (Wildman–Crippen LogP) is 1.60. The first-order valence-corrected chi connectivity index (χ1v) is 4.71. The van der Waals surface area contributed by atoms with Gasteiger partial charge in [0.2, 0.25) is 0 Å². The molecule has 0 fully saturated rings. The number of hydrogen-bond acceptors (Lipinski definition) is 3. The van der Waals surface area contributed by atoms with Crippen LogP contribution < -0.4 is 0 Å². The van der Waals surface area contributed by atoms with Gasteiger partial charge >= 0.3 is 0 Å². The molecule has 0 bridgehead atoms. The number of rotatable bonds is 3. The molecule has 0 saturated heterocycles. The van der Waals surface area contributed by atoms with Crippen LogP contribution in [0.2, 0.25) is 0 Å². The summed E-state index contributed by atoms with van der Waals surface area (Å²) in [5.74, 6) is 2.68. The normalized spacial score (nSPS) is 12.8. The van der Waals surface area contributed by atoms with E-state index < -0.39 is 0 Å². The molecule has 0 spiro atoms. The van der Waals surface area contributed by atoms with E-state index in [1.807, 2.05) is 24.9 Å². The molecule has 0 saturated carbocycles. The van der Waals surface area contributed by atoms with Gasteiger partial charge in [0.05, 0.1) is 17.2 Å². The summed E-state index contributed by atoms with van der Waals surface area (Å²) >= 11 is 1.61. The third-order valence-electron chi connectivity index (χ3n) is 1.80. The van der Waals surface area contributed by atoms with E-state index in [4.69, 9.17) is 6.42 Å². The summed E-state index contributed by atoms with van der Waals surface area (Å²) in [7, 11) is 2.00. The van der Waals surface area contributed by atoms with E-state index >= 15 is 0 Å². The first kappa shape index (κ1) is 9.24. The Kier molecular flexibility index (Phi) is 3.27. The summed E-state index contributed by atoms with van der Waals surface area (Å²) in [6.45, 7) is 2.83. The first-order valence-electron chi connectivity index (χ1n) is 3.77. The van der Waals surface area contributed by atoms with Crippen molar-refractivity contribution < 1.29 is 0 Å². The van der Waals surface area contributed by atoms with Gasteiger partial charge in [-0.3, -0.25) is 4.90 Å². The van der Waals surface area contributed by atoms with Crippen molar-refractivity contribution in [3.8, 4) is 12.3 Å². The smallest absolute Gasteiger partial charge is 0.0795 e. The van der Waals surface area contributed by atoms with Gasteiger partial charge in [0.25, 0.3) is 0 Å². The number of terminal acetylenes is 1. The molecule has 2 nitrogen and oxygen atoms in total. The van der Waals surface area contributed by atoms with Gasteiger partial charge in [-0.05, 0) is 14.0 Å². The van der Waals surface area contributed by atoms with Gasteiger partial charge in [-0.25, -0.2) is 4.98 Å². The first-order chi connectivity index (χ1) is 5.74. The van der Waals surface area contributed by atoms with E-state index in [0.717, 1.165) is 12.2 Å². The fourth-order valence-corrected chi connectivity index (χ4v) is 1.38. The lowest BCUT2D eigenvalue weighted by Crippen LogP contribution is -2.27.